The first-order chi connectivity index (χ1) is 11.6. The van der Waals surface area contributed by atoms with Crippen molar-refractivity contribution in [2.45, 2.75) is 18.4 Å². The van der Waals surface area contributed by atoms with Crippen molar-refractivity contribution < 1.29 is 28.2 Å². The number of ether oxygens (including phenoxy) is 2. The van der Waals surface area contributed by atoms with Crippen LogP contribution >= 0.6 is 0 Å². The number of hydrogen-bond acceptors (Lipinski definition) is 5. The Morgan fingerprint density at radius 2 is 2.17 bits per heavy atom. The Morgan fingerprint density at radius 1 is 1.38 bits per heavy atom. The van der Waals surface area contributed by atoms with Crippen LogP contribution in [-0.4, -0.2) is 49.6 Å². The second-order valence-electron chi connectivity index (χ2n) is 5.84. The molecule has 0 aliphatic carbocycles. The van der Waals surface area contributed by atoms with Gasteiger partial charge in [-0.1, -0.05) is 0 Å². The van der Waals surface area contributed by atoms with Crippen molar-refractivity contribution in [2.24, 2.45) is 0 Å². The maximum atomic E-state index is 13.4. The monoisotopic (exact) mass is 337 g/mol. The minimum atomic E-state index is -0.554. The van der Waals surface area contributed by atoms with E-state index in [-0.39, 0.29) is 31.2 Å². The number of halogens is 1. The van der Waals surface area contributed by atoms with Gasteiger partial charge in [0.25, 0.3) is 5.91 Å². The van der Waals surface area contributed by atoms with Crippen molar-refractivity contribution in [1.82, 2.24) is 5.32 Å². The summed E-state index contributed by atoms with van der Waals surface area (Å²) in [5.41, 5.74) is 0.189. The molecule has 1 amide bonds. The van der Waals surface area contributed by atoms with Gasteiger partial charge in [0.2, 0.25) is 0 Å². The SMILES string of the molecule is O=C(NCC1(OCCO)CCOCC1)c1coc2ccc(F)cc12. The molecule has 1 aromatic carbocycles. The van der Waals surface area contributed by atoms with Crippen LogP contribution in [-0.2, 0) is 9.47 Å². The molecule has 24 heavy (non-hydrogen) atoms. The largest absolute Gasteiger partial charge is 0.463 e. The van der Waals surface area contributed by atoms with Gasteiger partial charge >= 0.3 is 0 Å². The average Bonchev–Trinajstić information content (AvgIpc) is 3.02. The van der Waals surface area contributed by atoms with Gasteiger partial charge in [0.1, 0.15) is 17.7 Å². The second-order valence-corrected chi connectivity index (χ2v) is 5.84. The van der Waals surface area contributed by atoms with Crippen molar-refractivity contribution in [3.63, 3.8) is 0 Å². The Kier molecular flexibility index (Phi) is 5.13. The molecule has 1 saturated heterocycles. The van der Waals surface area contributed by atoms with Crippen LogP contribution in [0.2, 0.25) is 0 Å². The van der Waals surface area contributed by atoms with Crippen LogP contribution in [0.3, 0.4) is 0 Å². The van der Waals surface area contributed by atoms with E-state index >= 15 is 0 Å². The van der Waals surface area contributed by atoms with Gasteiger partial charge in [0.05, 0.1) is 24.4 Å². The third-order valence-corrected chi connectivity index (χ3v) is 4.25. The van der Waals surface area contributed by atoms with Crippen molar-refractivity contribution >= 4 is 16.9 Å². The lowest BCUT2D eigenvalue weighted by molar-refractivity contribution is -0.114. The van der Waals surface area contributed by atoms with Crippen molar-refractivity contribution in [3.8, 4) is 0 Å². The molecule has 0 spiro atoms. The van der Waals surface area contributed by atoms with Crippen LogP contribution < -0.4 is 5.32 Å². The third kappa shape index (κ3) is 3.58. The van der Waals surface area contributed by atoms with Gasteiger partial charge < -0.3 is 24.3 Å². The van der Waals surface area contributed by atoms with Gasteiger partial charge in [-0.3, -0.25) is 4.79 Å². The van der Waals surface area contributed by atoms with Gasteiger partial charge in [-0.2, -0.15) is 0 Å². The summed E-state index contributed by atoms with van der Waals surface area (Å²) in [6.45, 7) is 1.50. The van der Waals surface area contributed by atoms with E-state index < -0.39 is 11.4 Å². The van der Waals surface area contributed by atoms with Gasteiger partial charge in [-0.25, -0.2) is 4.39 Å². The predicted molar refractivity (Wildman–Crippen MR) is 84.3 cm³/mol. The van der Waals surface area contributed by atoms with E-state index in [4.69, 9.17) is 19.0 Å². The maximum absolute atomic E-state index is 13.4. The van der Waals surface area contributed by atoms with Crippen molar-refractivity contribution in [1.29, 1.82) is 0 Å². The summed E-state index contributed by atoms with van der Waals surface area (Å²) < 4.78 is 29.8. The quantitative estimate of drug-likeness (QED) is 0.841. The summed E-state index contributed by atoms with van der Waals surface area (Å²) in [7, 11) is 0. The zero-order valence-corrected chi connectivity index (χ0v) is 13.2. The average molecular weight is 337 g/mol. The third-order valence-electron chi connectivity index (χ3n) is 4.25. The van der Waals surface area contributed by atoms with Crippen LogP contribution in [0.1, 0.15) is 23.2 Å². The predicted octanol–water partition coefficient (Wildman–Crippen LogP) is 1.86. The Hall–Kier alpha value is -1.96. The van der Waals surface area contributed by atoms with Gasteiger partial charge in [0, 0.05) is 38.0 Å². The first-order valence-corrected chi connectivity index (χ1v) is 7.91. The summed E-state index contributed by atoms with van der Waals surface area (Å²) in [6, 6.07) is 4.05. The minimum Gasteiger partial charge on any atom is -0.463 e. The Balaban J connectivity index is 1.71. The number of fused-ring (bicyclic) bond motifs is 1. The van der Waals surface area contributed by atoms with E-state index in [1.54, 1.807) is 0 Å². The van der Waals surface area contributed by atoms with Crippen LogP contribution in [0.15, 0.2) is 28.9 Å². The molecular weight excluding hydrogens is 317 g/mol. The molecule has 6 nitrogen and oxygen atoms in total. The smallest absolute Gasteiger partial charge is 0.255 e. The molecule has 1 aliphatic heterocycles. The molecule has 1 aliphatic rings. The lowest BCUT2D eigenvalue weighted by Crippen LogP contribution is -2.49. The number of furan rings is 1. The Morgan fingerprint density at radius 3 is 2.92 bits per heavy atom. The minimum absolute atomic E-state index is 0.0812. The standard InChI is InChI=1S/C17H20FNO5/c18-12-1-2-15-13(9-12)14(10-23-15)16(21)19-11-17(24-8-5-20)3-6-22-7-4-17/h1-2,9-10,20H,3-8,11H2,(H,19,21). The molecule has 1 fully saturated rings. The number of carbonyl (C=O) groups is 1. The highest BCUT2D eigenvalue weighted by molar-refractivity contribution is 6.05. The fourth-order valence-corrected chi connectivity index (χ4v) is 2.89. The molecular formula is C17H20FNO5. The zero-order valence-electron chi connectivity index (χ0n) is 13.2. The van der Waals surface area contributed by atoms with Crippen LogP contribution in [0, 0.1) is 5.82 Å². The maximum Gasteiger partial charge on any atom is 0.255 e. The molecule has 3 rings (SSSR count). The summed E-state index contributed by atoms with van der Waals surface area (Å²) in [6.07, 6.45) is 2.59. The van der Waals surface area contributed by atoms with E-state index in [0.717, 1.165) is 0 Å². The number of aliphatic hydroxyl groups is 1. The molecule has 2 aromatic rings. The molecule has 2 N–H and O–H groups in total. The molecule has 1 aromatic heterocycles. The first-order valence-electron chi connectivity index (χ1n) is 7.91. The Bertz CT molecular complexity index is 708. The molecule has 130 valence electrons. The summed E-state index contributed by atoms with van der Waals surface area (Å²) in [5, 5.41) is 12.3. The van der Waals surface area contributed by atoms with Crippen LogP contribution in [0.25, 0.3) is 11.0 Å². The van der Waals surface area contributed by atoms with E-state index in [0.29, 0.717) is 37.0 Å². The number of rotatable bonds is 6. The van der Waals surface area contributed by atoms with E-state index in [2.05, 4.69) is 5.32 Å². The second kappa shape index (κ2) is 7.29. The number of amides is 1. The Labute approximate surface area is 138 Å². The highest BCUT2D eigenvalue weighted by Gasteiger charge is 2.34. The van der Waals surface area contributed by atoms with E-state index in [9.17, 15) is 9.18 Å². The molecule has 2 heterocycles. The topological polar surface area (TPSA) is 80.9 Å². The van der Waals surface area contributed by atoms with Crippen LogP contribution in [0.5, 0.6) is 0 Å². The number of aliphatic hydroxyl groups excluding tert-OH is 1. The summed E-state index contributed by atoms with van der Waals surface area (Å²) in [4.78, 5) is 12.5. The van der Waals surface area contributed by atoms with Crippen molar-refractivity contribution in [3.05, 3.63) is 35.8 Å². The van der Waals surface area contributed by atoms with Crippen LogP contribution in [0.4, 0.5) is 4.39 Å². The number of carbonyl (C=O) groups excluding carboxylic acids is 1. The normalized spacial score (nSPS) is 17.1. The molecule has 0 bridgehead atoms. The fourth-order valence-electron chi connectivity index (χ4n) is 2.89. The molecule has 0 radical (unpaired) electrons. The highest BCUT2D eigenvalue weighted by Crippen LogP contribution is 2.26. The molecule has 7 heteroatoms. The summed E-state index contributed by atoms with van der Waals surface area (Å²) in [5.74, 6) is -0.775. The fraction of sp³-hybridized carbons (Fsp3) is 0.471. The first kappa shape index (κ1) is 16.9. The molecule has 0 unspecified atom stereocenters. The van der Waals surface area contributed by atoms with Gasteiger partial charge in [0.15, 0.2) is 0 Å². The van der Waals surface area contributed by atoms with Gasteiger partial charge in [-0.05, 0) is 18.2 Å². The zero-order chi connectivity index (χ0) is 17.0. The number of benzene rings is 1. The highest BCUT2D eigenvalue weighted by atomic mass is 19.1. The van der Waals surface area contributed by atoms with Crippen molar-refractivity contribution in [2.75, 3.05) is 33.0 Å². The van der Waals surface area contributed by atoms with Gasteiger partial charge in [-0.15, -0.1) is 0 Å². The van der Waals surface area contributed by atoms with E-state index in [1.165, 1.54) is 24.5 Å². The number of hydrogen-bond donors (Lipinski definition) is 2. The summed E-state index contributed by atoms with van der Waals surface area (Å²) >= 11 is 0. The molecule has 0 atom stereocenters. The van der Waals surface area contributed by atoms with E-state index in [1.807, 2.05) is 0 Å². The molecule has 0 saturated carbocycles. The lowest BCUT2D eigenvalue weighted by atomic mass is 9.93. The number of nitrogens with one attached hydrogen (secondary N) is 1. The lowest BCUT2D eigenvalue weighted by Gasteiger charge is -2.37.